The maximum absolute atomic E-state index is 12.7. The summed E-state index contributed by atoms with van der Waals surface area (Å²) in [6, 6.07) is -0.707. The number of alkyl halides is 3. The standard InChI is InChI=1S/C18H31F3N2O3/c1-17(2,3)26-16(25)23-14(15(24)22-4)7-5-6-12-8-10-13(11-9-12)18(19,20)21/h12-14H,5-11H2,1-4H3,(H,22,24)(H,23,25)/t12?,13?,14-/m0/s1. The van der Waals surface area contributed by atoms with Crippen molar-refractivity contribution in [3.05, 3.63) is 0 Å². The average molecular weight is 380 g/mol. The second kappa shape index (κ2) is 9.46. The largest absolute Gasteiger partial charge is 0.444 e. The second-order valence-electron chi connectivity index (χ2n) is 8.00. The van der Waals surface area contributed by atoms with Crippen LogP contribution in [0.15, 0.2) is 0 Å². The lowest BCUT2D eigenvalue weighted by molar-refractivity contribution is -0.184. The summed E-state index contributed by atoms with van der Waals surface area (Å²) in [7, 11) is 1.49. The zero-order valence-electron chi connectivity index (χ0n) is 16.0. The Bertz CT molecular complexity index is 467. The van der Waals surface area contributed by atoms with Crippen LogP contribution in [0.25, 0.3) is 0 Å². The van der Waals surface area contributed by atoms with E-state index >= 15 is 0 Å². The van der Waals surface area contributed by atoms with Crippen LogP contribution in [-0.4, -0.2) is 36.9 Å². The molecular formula is C18H31F3N2O3. The lowest BCUT2D eigenvalue weighted by Gasteiger charge is -2.30. The SMILES string of the molecule is CNC(=O)[C@H](CCCC1CCC(C(F)(F)F)CC1)NC(=O)OC(C)(C)C. The van der Waals surface area contributed by atoms with E-state index in [1.165, 1.54) is 7.05 Å². The van der Waals surface area contributed by atoms with Crippen molar-refractivity contribution in [3.63, 3.8) is 0 Å². The molecule has 1 atom stereocenters. The van der Waals surface area contributed by atoms with Gasteiger partial charge in [0.15, 0.2) is 0 Å². The second-order valence-corrected chi connectivity index (χ2v) is 8.00. The monoisotopic (exact) mass is 380 g/mol. The van der Waals surface area contributed by atoms with E-state index in [0.717, 1.165) is 6.42 Å². The van der Waals surface area contributed by atoms with E-state index in [0.29, 0.717) is 25.7 Å². The van der Waals surface area contributed by atoms with Gasteiger partial charge in [0.1, 0.15) is 11.6 Å². The van der Waals surface area contributed by atoms with Crippen molar-refractivity contribution >= 4 is 12.0 Å². The van der Waals surface area contributed by atoms with Crippen LogP contribution in [0, 0.1) is 11.8 Å². The lowest BCUT2D eigenvalue weighted by Crippen LogP contribution is -2.47. The summed E-state index contributed by atoms with van der Waals surface area (Å²) >= 11 is 0. The van der Waals surface area contributed by atoms with Crippen molar-refractivity contribution in [2.75, 3.05) is 7.05 Å². The van der Waals surface area contributed by atoms with Crippen LogP contribution in [0.4, 0.5) is 18.0 Å². The summed E-state index contributed by atoms with van der Waals surface area (Å²) in [5.74, 6) is -1.23. The third-order valence-electron chi connectivity index (χ3n) is 4.67. The number of halogens is 3. The van der Waals surface area contributed by atoms with Crippen molar-refractivity contribution < 1.29 is 27.5 Å². The molecule has 1 aliphatic rings. The third-order valence-corrected chi connectivity index (χ3v) is 4.67. The third kappa shape index (κ3) is 8.27. The maximum Gasteiger partial charge on any atom is 0.408 e. The molecule has 8 heteroatoms. The van der Waals surface area contributed by atoms with E-state index in [-0.39, 0.29) is 24.7 Å². The Morgan fingerprint density at radius 3 is 2.15 bits per heavy atom. The lowest BCUT2D eigenvalue weighted by atomic mass is 9.79. The molecule has 0 heterocycles. The minimum atomic E-state index is -4.09. The van der Waals surface area contributed by atoms with Crippen LogP contribution in [0.3, 0.4) is 0 Å². The van der Waals surface area contributed by atoms with E-state index in [9.17, 15) is 22.8 Å². The normalized spacial score (nSPS) is 22.4. The highest BCUT2D eigenvalue weighted by Crippen LogP contribution is 2.40. The molecule has 0 bridgehead atoms. The van der Waals surface area contributed by atoms with Gasteiger partial charge in [0.2, 0.25) is 5.91 Å². The number of nitrogens with one attached hydrogen (secondary N) is 2. The molecule has 0 radical (unpaired) electrons. The zero-order valence-corrected chi connectivity index (χ0v) is 16.0. The molecule has 1 aliphatic carbocycles. The molecule has 0 spiro atoms. The molecule has 5 nitrogen and oxygen atoms in total. The van der Waals surface area contributed by atoms with Gasteiger partial charge in [-0.05, 0) is 58.8 Å². The smallest absolute Gasteiger partial charge is 0.408 e. The first-order valence-electron chi connectivity index (χ1n) is 9.20. The molecule has 26 heavy (non-hydrogen) atoms. The molecule has 2 amide bonds. The van der Waals surface area contributed by atoms with Gasteiger partial charge in [-0.2, -0.15) is 13.2 Å². The first-order valence-corrected chi connectivity index (χ1v) is 9.20. The van der Waals surface area contributed by atoms with Gasteiger partial charge < -0.3 is 15.4 Å². The number of amides is 2. The number of likely N-dealkylation sites (N-methyl/N-ethyl adjacent to an activating group) is 1. The molecule has 0 aliphatic heterocycles. The first kappa shape index (κ1) is 22.6. The van der Waals surface area contributed by atoms with Crippen LogP contribution < -0.4 is 10.6 Å². The van der Waals surface area contributed by atoms with Gasteiger partial charge in [-0.15, -0.1) is 0 Å². The van der Waals surface area contributed by atoms with E-state index in [1.807, 2.05) is 0 Å². The van der Waals surface area contributed by atoms with Crippen LogP contribution in [0.1, 0.15) is 65.7 Å². The van der Waals surface area contributed by atoms with Crippen LogP contribution in [0.2, 0.25) is 0 Å². The highest BCUT2D eigenvalue weighted by atomic mass is 19.4. The fourth-order valence-electron chi connectivity index (χ4n) is 3.28. The molecule has 1 fully saturated rings. The number of carbonyl (C=O) groups excluding carboxylic acids is 2. The van der Waals surface area contributed by atoms with Crippen molar-refractivity contribution in [1.82, 2.24) is 10.6 Å². The van der Waals surface area contributed by atoms with Gasteiger partial charge in [-0.3, -0.25) is 4.79 Å². The van der Waals surface area contributed by atoms with Crippen LogP contribution >= 0.6 is 0 Å². The molecule has 0 saturated heterocycles. The quantitative estimate of drug-likeness (QED) is 0.727. The highest BCUT2D eigenvalue weighted by Gasteiger charge is 2.41. The van der Waals surface area contributed by atoms with Crippen molar-refractivity contribution in [3.8, 4) is 0 Å². The number of alkyl carbamates (subject to hydrolysis) is 1. The molecule has 152 valence electrons. The molecule has 0 aromatic rings. The van der Waals surface area contributed by atoms with Gasteiger partial charge in [0.05, 0.1) is 5.92 Å². The Hall–Kier alpha value is -1.47. The molecule has 0 aromatic carbocycles. The number of hydrogen-bond acceptors (Lipinski definition) is 3. The van der Waals surface area contributed by atoms with Crippen LogP contribution in [0.5, 0.6) is 0 Å². The minimum absolute atomic E-state index is 0.184. The van der Waals surface area contributed by atoms with E-state index in [4.69, 9.17) is 4.74 Å². The summed E-state index contributed by atoms with van der Waals surface area (Å²) in [6.45, 7) is 5.20. The number of hydrogen-bond donors (Lipinski definition) is 2. The minimum Gasteiger partial charge on any atom is -0.444 e. The van der Waals surface area contributed by atoms with Gasteiger partial charge in [0, 0.05) is 7.05 Å². The molecular weight excluding hydrogens is 349 g/mol. The first-order chi connectivity index (χ1) is 11.9. The topological polar surface area (TPSA) is 67.4 Å². The summed E-state index contributed by atoms with van der Waals surface area (Å²) < 4.78 is 43.3. The van der Waals surface area contributed by atoms with E-state index < -0.39 is 29.8 Å². The Balaban J connectivity index is 2.41. The van der Waals surface area contributed by atoms with Gasteiger partial charge in [-0.25, -0.2) is 4.79 Å². The molecule has 1 rings (SSSR count). The summed E-state index contributed by atoms with van der Waals surface area (Å²) in [6.07, 6.45) is -1.40. The Morgan fingerprint density at radius 2 is 1.69 bits per heavy atom. The number of carbonyl (C=O) groups is 2. The Morgan fingerprint density at radius 1 is 1.12 bits per heavy atom. The van der Waals surface area contributed by atoms with E-state index in [1.54, 1.807) is 20.8 Å². The maximum atomic E-state index is 12.7. The molecule has 1 saturated carbocycles. The zero-order chi connectivity index (χ0) is 20.0. The predicted octanol–water partition coefficient (Wildman–Crippen LogP) is 4.16. The predicted molar refractivity (Wildman–Crippen MR) is 92.6 cm³/mol. The van der Waals surface area contributed by atoms with Gasteiger partial charge >= 0.3 is 12.3 Å². The van der Waals surface area contributed by atoms with Crippen molar-refractivity contribution in [2.24, 2.45) is 11.8 Å². The summed E-state index contributed by atoms with van der Waals surface area (Å²) in [4.78, 5) is 23.8. The Labute approximate surface area is 153 Å². The number of rotatable bonds is 6. The van der Waals surface area contributed by atoms with Gasteiger partial charge in [0.25, 0.3) is 0 Å². The molecule has 2 N–H and O–H groups in total. The highest BCUT2D eigenvalue weighted by molar-refractivity contribution is 5.85. The van der Waals surface area contributed by atoms with Crippen LogP contribution in [-0.2, 0) is 9.53 Å². The van der Waals surface area contributed by atoms with Crippen molar-refractivity contribution in [2.45, 2.75) is 83.5 Å². The summed E-state index contributed by atoms with van der Waals surface area (Å²) in [5, 5.41) is 5.08. The molecule has 0 aromatic heterocycles. The summed E-state index contributed by atoms with van der Waals surface area (Å²) in [5.41, 5.74) is -0.658. The van der Waals surface area contributed by atoms with Gasteiger partial charge in [-0.1, -0.05) is 12.8 Å². The van der Waals surface area contributed by atoms with E-state index in [2.05, 4.69) is 10.6 Å². The fourth-order valence-corrected chi connectivity index (χ4v) is 3.28. The average Bonchev–Trinajstić information content (AvgIpc) is 2.51. The Kier molecular flexibility index (Phi) is 8.21. The molecule has 0 unspecified atom stereocenters. The fraction of sp³-hybridized carbons (Fsp3) is 0.889. The number of ether oxygens (including phenoxy) is 1. The van der Waals surface area contributed by atoms with Crippen molar-refractivity contribution in [1.29, 1.82) is 0 Å².